The summed E-state index contributed by atoms with van der Waals surface area (Å²) >= 11 is 0. The molecular formula is C11H26N2. The van der Waals surface area contributed by atoms with E-state index >= 15 is 0 Å². The van der Waals surface area contributed by atoms with E-state index in [0.29, 0.717) is 5.92 Å². The van der Waals surface area contributed by atoms with Gasteiger partial charge in [-0.3, -0.25) is 0 Å². The third kappa shape index (κ3) is 7.03. The molecule has 0 aromatic rings. The van der Waals surface area contributed by atoms with Crippen LogP contribution >= 0.6 is 0 Å². The third-order valence-corrected chi connectivity index (χ3v) is 2.73. The Labute approximate surface area is 83.5 Å². The largest absolute Gasteiger partial charge is 0.330 e. The molecule has 0 aromatic heterocycles. The molecule has 0 spiro atoms. The molecule has 0 bridgehead atoms. The van der Waals surface area contributed by atoms with Gasteiger partial charge in [-0.05, 0) is 38.4 Å². The molecule has 2 N–H and O–H groups in total. The van der Waals surface area contributed by atoms with Crippen LogP contribution in [0.25, 0.3) is 0 Å². The maximum Gasteiger partial charge on any atom is 0.000387 e. The lowest BCUT2D eigenvalue weighted by Gasteiger charge is -2.21. The average molecular weight is 186 g/mol. The molecule has 0 saturated heterocycles. The van der Waals surface area contributed by atoms with Gasteiger partial charge in [0.1, 0.15) is 0 Å². The zero-order valence-corrected chi connectivity index (χ0v) is 9.71. The van der Waals surface area contributed by atoms with Gasteiger partial charge in [0.2, 0.25) is 0 Å². The van der Waals surface area contributed by atoms with Crippen molar-refractivity contribution >= 4 is 0 Å². The lowest BCUT2D eigenvalue weighted by atomic mass is 10.1. The van der Waals surface area contributed by atoms with E-state index in [1.165, 1.54) is 25.9 Å². The zero-order valence-electron chi connectivity index (χ0n) is 9.71. The Hall–Kier alpha value is -0.0800. The third-order valence-electron chi connectivity index (χ3n) is 2.73. The summed E-state index contributed by atoms with van der Waals surface area (Å²) < 4.78 is 0. The van der Waals surface area contributed by atoms with Gasteiger partial charge in [-0.2, -0.15) is 0 Å². The van der Waals surface area contributed by atoms with Gasteiger partial charge in [-0.1, -0.05) is 27.2 Å². The summed E-state index contributed by atoms with van der Waals surface area (Å²) in [6.07, 6.45) is 2.50. The highest BCUT2D eigenvalue weighted by Crippen LogP contribution is 2.05. The van der Waals surface area contributed by atoms with Gasteiger partial charge < -0.3 is 10.6 Å². The summed E-state index contributed by atoms with van der Waals surface area (Å²) in [4.78, 5) is 2.42. The van der Waals surface area contributed by atoms with Crippen molar-refractivity contribution in [2.24, 2.45) is 17.6 Å². The molecule has 2 atom stereocenters. The van der Waals surface area contributed by atoms with Crippen LogP contribution in [0.2, 0.25) is 0 Å². The molecular weight excluding hydrogens is 160 g/mol. The number of hydrogen-bond acceptors (Lipinski definition) is 2. The molecule has 0 aliphatic heterocycles. The second-order valence-electron chi connectivity index (χ2n) is 4.41. The SMILES string of the molecule is CCC(C)CN(C)CCC(C)CN. The van der Waals surface area contributed by atoms with Crippen LogP contribution in [-0.2, 0) is 0 Å². The van der Waals surface area contributed by atoms with Crippen LogP contribution in [0.4, 0.5) is 0 Å². The van der Waals surface area contributed by atoms with Crippen molar-refractivity contribution in [1.82, 2.24) is 4.90 Å². The predicted molar refractivity (Wildman–Crippen MR) is 59.8 cm³/mol. The Bertz CT molecular complexity index is 115. The predicted octanol–water partition coefficient (Wildman–Crippen LogP) is 1.95. The van der Waals surface area contributed by atoms with Crippen LogP contribution in [0.3, 0.4) is 0 Å². The fourth-order valence-electron chi connectivity index (χ4n) is 1.31. The highest BCUT2D eigenvalue weighted by Gasteiger charge is 2.05. The smallest absolute Gasteiger partial charge is 0.000387 e. The van der Waals surface area contributed by atoms with Crippen molar-refractivity contribution < 1.29 is 0 Å². The molecule has 0 saturated carbocycles. The highest BCUT2D eigenvalue weighted by atomic mass is 15.1. The second kappa shape index (κ2) is 7.34. The van der Waals surface area contributed by atoms with Crippen LogP contribution in [-0.4, -0.2) is 31.6 Å². The van der Waals surface area contributed by atoms with E-state index in [1.807, 2.05) is 0 Å². The number of hydrogen-bond donors (Lipinski definition) is 1. The Morgan fingerprint density at radius 1 is 1.23 bits per heavy atom. The fraction of sp³-hybridized carbons (Fsp3) is 1.00. The summed E-state index contributed by atoms with van der Waals surface area (Å²) in [6, 6.07) is 0. The minimum Gasteiger partial charge on any atom is -0.330 e. The topological polar surface area (TPSA) is 29.3 Å². The molecule has 0 aromatic carbocycles. The molecule has 0 aliphatic rings. The van der Waals surface area contributed by atoms with E-state index < -0.39 is 0 Å². The van der Waals surface area contributed by atoms with Gasteiger partial charge in [0.15, 0.2) is 0 Å². The summed E-state index contributed by atoms with van der Waals surface area (Å²) in [6.45, 7) is 9.99. The first-order valence-electron chi connectivity index (χ1n) is 5.48. The van der Waals surface area contributed by atoms with Crippen molar-refractivity contribution in [2.45, 2.75) is 33.6 Å². The quantitative estimate of drug-likeness (QED) is 0.658. The number of rotatable bonds is 7. The van der Waals surface area contributed by atoms with E-state index in [4.69, 9.17) is 5.73 Å². The van der Waals surface area contributed by atoms with E-state index in [0.717, 1.165) is 12.5 Å². The Morgan fingerprint density at radius 2 is 1.85 bits per heavy atom. The molecule has 0 aliphatic carbocycles. The first kappa shape index (κ1) is 12.9. The van der Waals surface area contributed by atoms with E-state index in [9.17, 15) is 0 Å². The summed E-state index contributed by atoms with van der Waals surface area (Å²) in [7, 11) is 2.20. The van der Waals surface area contributed by atoms with Crippen molar-refractivity contribution in [3.05, 3.63) is 0 Å². The molecule has 13 heavy (non-hydrogen) atoms. The number of nitrogens with two attached hydrogens (primary N) is 1. The van der Waals surface area contributed by atoms with Gasteiger partial charge in [0.25, 0.3) is 0 Å². The van der Waals surface area contributed by atoms with Crippen LogP contribution in [0.5, 0.6) is 0 Å². The van der Waals surface area contributed by atoms with Crippen molar-refractivity contribution in [3.63, 3.8) is 0 Å². The Balaban J connectivity index is 3.45. The van der Waals surface area contributed by atoms with Crippen LogP contribution in [0.15, 0.2) is 0 Å². The zero-order chi connectivity index (χ0) is 10.3. The molecule has 2 heteroatoms. The molecule has 0 fully saturated rings. The van der Waals surface area contributed by atoms with Gasteiger partial charge >= 0.3 is 0 Å². The Morgan fingerprint density at radius 3 is 2.31 bits per heavy atom. The normalized spacial score (nSPS) is 16.2. The monoisotopic (exact) mass is 186 g/mol. The maximum absolute atomic E-state index is 5.57. The minimum absolute atomic E-state index is 0.666. The summed E-state index contributed by atoms with van der Waals surface area (Å²) in [5.74, 6) is 1.48. The first-order valence-corrected chi connectivity index (χ1v) is 5.48. The van der Waals surface area contributed by atoms with Crippen molar-refractivity contribution in [2.75, 3.05) is 26.7 Å². The summed E-state index contributed by atoms with van der Waals surface area (Å²) in [5, 5.41) is 0. The molecule has 0 radical (unpaired) electrons. The van der Waals surface area contributed by atoms with Gasteiger partial charge in [0, 0.05) is 6.54 Å². The van der Waals surface area contributed by atoms with Crippen molar-refractivity contribution in [3.8, 4) is 0 Å². The molecule has 0 amide bonds. The Kier molecular flexibility index (Phi) is 7.29. The van der Waals surface area contributed by atoms with E-state index in [-0.39, 0.29) is 0 Å². The van der Waals surface area contributed by atoms with Crippen molar-refractivity contribution in [1.29, 1.82) is 0 Å². The molecule has 0 heterocycles. The van der Waals surface area contributed by atoms with Gasteiger partial charge in [-0.15, -0.1) is 0 Å². The standard InChI is InChI=1S/C11H26N2/c1-5-10(2)9-13(4)7-6-11(3)8-12/h10-11H,5-9,12H2,1-4H3. The first-order chi connectivity index (χ1) is 6.10. The van der Waals surface area contributed by atoms with Crippen LogP contribution < -0.4 is 5.73 Å². The maximum atomic E-state index is 5.57. The molecule has 0 rings (SSSR count). The lowest BCUT2D eigenvalue weighted by molar-refractivity contribution is 0.265. The second-order valence-corrected chi connectivity index (χ2v) is 4.41. The fourth-order valence-corrected chi connectivity index (χ4v) is 1.31. The highest BCUT2D eigenvalue weighted by molar-refractivity contribution is 4.60. The van der Waals surface area contributed by atoms with E-state index in [2.05, 4.69) is 32.7 Å². The molecule has 2 unspecified atom stereocenters. The average Bonchev–Trinajstić information content (AvgIpc) is 2.13. The molecule has 80 valence electrons. The van der Waals surface area contributed by atoms with E-state index in [1.54, 1.807) is 0 Å². The lowest BCUT2D eigenvalue weighted by Crippen LogP contribution is -2.27. The minimum atomic E-state index is 0.666. The summed E-state index contributed by atoms with van der Waals surface area (Å²) in [5.41, 5.74) is 5.57. The number of nitrogens with zero attached hydrogens (tertiary/aromatic N) is 1. The van der Waals surface area contributed by atoms with Gasteiger partial charge in [0.05, 0.1) is 0 Å². The molecule has 2 nitrogen and oxygen atoms in total. The van der Waals surface area contributed by atoms with Crippen LogP contribution in [0.1, 0.15) is 33.6 Å². The van der Waals surface area contributed by atoms with Gasteiger partial charge in [-0.25, -0.2) is 0 Å². The van der Waals surface area contributed by atoms with Crippen LogP contribution in [0, 0.1) is 11.8 Å².